The molecule has 0 unspecified atom stereocenters. The zero-order valence-electron chi connectivity index (χ0n) is 17.8. The summed E-state index contributed by atoms with van der Waals surface area (Å²) in [6.45, 7) is 11.7. The van der Waals surface area contributed by atoms with E-state index in [9.17, 15) is 13.2 Å². The first-order valence-corrected chi connectivity index (χ1v) is 10.8. The number of nitrogens with zero attached hydrogens (tertiary/aromatic N) is 2. The van der Waals surface area contributed by atoms with Crippen LogP contribution in [-0.4, -0.2) is 31.5 Å². The number of methoxy groups -OCH3 is 1. The van der Waals surface area contributed by atoms with Crippen molar-refractivity contribution in [3.05, 3.63) is 40.8 Å². The number of carbonyl (C=O) groups excluding carboxylic acids is 1. The van der Waals surface area contributed by atoms with Gasteiger partial charge in [-0.2, -0.15) is 4.98 Å². The number of hydrogen-bond donors (Lipinski definition) is 2. The molecule has 0 radical (unpaired) electrons. The Labute approximate surface area is 172 Å². The first-order chi connectivity index (χ1) is 13.5. The SMILES string of the molecule is COc1nc(C)ncc1S(=O)(=O)NC(=O)Nc1c(C(C)C)cc(C)cc1C(C)C. The average Bonchev–Trinajstić information content (AvgIpc) is 2.61. The monoisotopic (exact) mass is 420 g/mol. The van der Waals surface area contributed by atoms with E-state index in [4.69, 9.17) is 4.74 Å². The van der Waals surface area contributed by atoms with E-state index in [1.54, 1.807) is 6.92 Å². The zero-order chi connectivity index (χ0) is 21.9. The second-order valence-corrected chi connectivity index (χ2v) is 9.13. The topological polar surface area (TPSA) is 110 Å². The molecule has 9 heteroatoms. The van der Waals surface area contributed by atoms with Crippen molar-refractivity contribution in [2.75, 3.05) is 12.4 Å². The Morgan fingerprint density at radius 2 is 1.62 bits per heavy atom. The number of urea groups is 1. The van der Waals surface area contributed by atoms with E-state index in [2.05, 4.69) is 15.3 Å². The second kappa shape index (κ2) is 8.77. The molecule has 0 saturated carbocycles. The van der Waals surface area contributed by atoms with Crippen molar-refractivity contribution in [2.45, 2.75) is 58.3 Å². The van der Waals surface area contributed by atoms with Gasteiger partial charge in [0, 0.05) is 5.69 Å². The minimum Gasteiger partial charge on any atom is -0.480 e. The molecule has 158 valence electrons. The van der Waals surface area contributed by atoms with Gasteiger partial charge in [-0.25, -0.2) is 22.9 Å². The smallest absolute Gasteiger partial charge is 0.333 e. The summed E-state index contributed by atoms with van der Waals surface area (Å²) in [5.74, 6) is 0.515. The Balaban J connectivity index is 2.39. The predicted molar refractivity (Wildman–Crippen MR) is 112 cm³/mol. The Morgan fingerprint density at radius 3 is 2.10 bits per heavy atom. The molecule has 0 bridgehead atoms. The molecule has 0 atom stereocenters. The van der Waals surface area contributed by atoms with E-state index in [1.165, 1.54) is 7.11 Å². The van der Waals surface area contributed by atoms with Crippen molar-refractivity contribution < 1.29 is 17.9 Å². The molecule has 2 rings (SSSR count). The molecule has 1 aromatic heterocycles. The molecule has 1 aromatic carbocycles. The highest BCUT2D eigenvalue weighted by Crippen LogP contribution is 2.34. The maximum absolute atomic E-state index is 12.7. The molecular weight excluding hydrogens is 392 g/mol. The largest absolute Gasteiger partial charge is 0.480 e. The standard InChI is InChI=1S/C20H28N4O4S/c1-11(2)15-8-13(5)9-16(12(3)4)18(15)23-20(25)24-29(26,27)17-10-21-14(6)22-19(17)28-7/h8-12H,1-7H3,(H2,23,24,25). The number of aryl methyl sites for hydroxylation is 2. The van der Waals surface area contributed by atoms with Crippen LogP contribution in [0.2, 0.25) is 0 Å². The van der Waals surface area contributed by atoms with Crippen LogP contribution in [0.4, 0.5) is 10.5 Å². The molecule has 2 aromatic rings. The Kier molecular flexibility index (Phi) is 6.84. The van der Waals surface area contributed by atoms with Crippen molar-refractivity contribution >= 4 is 21.7 Å². The van der Waals surface area contributed by atoms with Gasteiger partial charge in [-0.3, -0.25) is 0 Å². The van der Waals surface area contributed by atoms with Gasteiger partial charge in [0.1, 0.15) is 5.82 Å². The van der Waals surface area contributed by atoms with E-state index in [-0.39, 0.29) is 22.6 Å². The Morgan fingerprint density at radius 1 is 1.07 bits per heavy atom. The van der Waals surface area contributed by atoms with Crippen molar-refractivity contribution in [1.82, 2.24) is 14.7 Å². The molecule has 1 heterocycles. The fourth-order valence-electron chi connectivity index (χ4n) is 2.98. The molecule has 29 heavy (non-hydrogen) atoms. The third-order valence-corrected chi connectivity index (χ3v) is 5.69. The molecule has 0 spiro atoms. The minimum absolute atomic E-state index is 0.126. The second-order valence-electron chi connectivity index (χ2n) is 7.48. The molecule has 2 amide bonds. The van der Waals surface area contributed by atoms with E-state index >= 15 is 0 Å². The van der Waals surface area contributed by atoms with Crippen molar-refractivity contribution in [2.24, 2.45) is 0 Å². The van der Waals surface area contributed by atoms with E-state index in [0.29, 0.717) is 11.5 Å². The number of carbonyl (C=O) groups is 1. The minimum atomic E-state index is -4.23. The van der Waals surface area contributed by atoms with Gasteiger partial charge in [0.05, 0.1) is 13.3 Å². The normalized spacial score (nSPS) is 11.6. The highest BCUT2D eigenvalue weighted by atomic mass is 32.2. The van der Waals surface area contributed by atoms with Crippen molar-refractivity contribution in [3.8, 4) is 5.88 Å². The lowest BCUT2D eigenvalue weighted by atomic mass is 9.90. The third-order valence-electron chi connectivity index (χ3n) is 4.38. The molecule has 0 aliphatic rings. The zero-order valence-corrected chi connectivity index (χ0v) is 18.6. The van der Waals surface area contributed by atoms with Crippen LogP contribution in [0.5, 0.6) is 5.88 Å². The van der Waals surface area contributed by atoms with Crippen LogP contribution in [0.1, 0.15) is 62.0 Å². The maximum Gasteiger partial charge on any atom is 0.333 e. The molecule has 0 saturated heterocycles. The summed E-state index contributed by atoms with van der Waals surface area (Å²) in [6.07, 6.45) is 1.11. The first-order valence-electron chi connectivity index (χ1n) is 9.32. The lowest BCUT2D eigenvalue weighted by Crippen LogP contribution is -2.35. The maximum atomic E-state index is 12.7. The number of anilines is 1. The number of amides is 2. The van der Waals surface area contributed by atoms with E-state index in [0.717, 1.165) is 22.9 Å². The predicted octanol–water partition coefficient (Wildman–Crippen LogP) is 3.86. The highest BCUT2D eigenvalue weighted by Gasteiger charge is 2.25. The Hall–Kier alpha value is -2.68. The number of aromatic nitrogens is 2. The van der Waals surface area contributed by atoms with Crippen LogP contribution in [0.15, 0.2) is 23.2 Å². The molecule has 0 aliphatic carbocycles. The summed E-state index contributed by atoms with van der Waals surface area (Å²) >= 11 is 0. The Bertz CT molecular complexity index is 988. The van der Waals surface area contributed by atoms with Crippen LogP contribution in [0.3, 0.4) is 0 Å². The van der Waals surface area contributed by atoms with Gasteiger partial charge in [0.2, 0.25) is 5.88 Å². The summed E-state index contributed by atoms with van der Waals surface area (Å²) in [5, 5.41) is 2.73. The highest BCUT2D eigenvalue weighted by molar-refractivity contribution is 7.90. The first kappa shape index (κ1) is 22.6. The van der Waals surface area contributed by atoms with Gasteiger partial charge in [0.25, 0.3) is 10.0 Å². The summed E-state index contributed by atoms with van der Waals surface area (Å²) in [5.41, 5.74) is 3.59. The molecular formula is C20H28N4O4S. The van der Waals surface area contributed by atoms with Crippen LogP contribution in [0, 0.1) is 13.8 Å². The van der Waals surface area contributed by atoms with E-state index < -0.39 is 16.1 Å². The fourth-order valence-corrected chi connectivity index (χ4v) is 3.94. The van der Waals surface area contributed by atoms with Gasteiger partial charge in [-0.15, -0.1) is 0 Å². The lowest BCUT2D eigenvalue weighted by molar-refractivity contribution is 0.256. The summed E-state index contributed by atoms with van der Waals surface area (Å²) in [6, 6.07) is 3.13. The quantitative estimate of drug-likeness (QED) is 0.734. The number of ether oxygens (including phenoxy) is 1. The molecule has 0 aliphatic heterocycles. The van der Waals surface area contributed by atoms with Gasteiger partial charge in [-0.05, 0) is 36.8 Å². The average molecular weight is 421 g/mol. The number of sulfonamides is 1. The fraction of sp³-hybridized carbons (Fsp3) is 0.450. The summed E-state index contributed by atoms with van der Waals surface area (Å²) in [7, 11) is -2.92. The summed E-state index contributed by atoms with van der Waals surface area (Å²) < 4.78 is 32.4. The van der Waals surface area contributed by atoms with Crippen molar-refractivity contribution in [3.63, 3.8) is 0 Å². The summed E-state index contributed by atoms with van der Waals surface area (Å²) in [4.78, 5) is 20.1. The number of nitrogens with one attached hydrogen (secondary N) is 2. The van der Waals surface area contributed by atoms with Crippen LogP contribution in [-0.2, 0) is 10.0 Å². The third kappa shape index (κ3) is 5.23. The number of hydrogen-bond acceptors (Lipinski definition) is 6. The molecule has 8 nitrogen and oxygen atoms in total. The van der Waals surface area contributed by atoms with Gasteiger partial charge >= 0.3 is 6.03 Å². The van der Waals surface area contributed by atoms with Crippen LogP contribution in [0.25, 0.3) is 0 Å². The van der Waals surface area contributed by atoms with Gasteiger partial charge < -0.3 is 10.1 Å². The number of benzene rings is 1. The van der Waals surface area contributed by atoms with Crippen LogP contribution >= 0.6 is 0 Å². The molecule has 2 N–H and O–H groups in total. The number of rotatable bonds is 6. The van der Waals surface area contributed by atoms with Gasteiger partial charge in [0.15, 0.2) is 4.90 Å². The molecule has 0 fully saturated rings. The van der Waals surface area contributed by atoms with Crippen LogP contribution < -0.4 is 14.8 Å². The lowest BCUT2D eigenvalue weighted by Gasteiger charge is -2.21. The van der Waals surface area contributed by atoms with Gasteiger partial charge in [-0.1, -0.05) is 45.4 Å². The van der Waals surface area contributed by atoms with Crippen molar-refractivity contribution in [1.29, 1.82) is 0 Å². The van der Waals surface area contributed by atoms with E-state index in [1.807, 2.05) is 51.5 Å².